The van der Waals surface area contributed by atoms with Crippen LogP contribution in [0.4, 0.5) is 0 Å². The Bertz CT molecular complexity index is 894. The van der Waals surface area contributed by atoms with Crippen LogP contribution in [0.25, 0.3) is 11.1 Å². The lowest BCUT2D eigenvalue weighted by atomic mass is 10.0. The van der Waals surface area contributed by atoms with E-state index in [1.807, 2.05) is 55.5 Å². The Morgan fingerprint density at radius 1 is 1.04 bits per heavy atom. The van der Waals surface area contributed by atoms with Crippen molar-refractivity contribution in [3.05, 3.63) is 84.2 Å². The Hall–Kier alpha value is -3.14. The molecule has 4 heteroatoms. The van der Waals surface area contributed by atoms with E-state index in [1.165, 1.54) is 5.56 Å². The van der Waals surface area contributed by atoms with E-state index >= 15 is 0 Å². The van der Waals surface area contributed by atoms with Gasteiger partial charge in [0.05, 0.1) is 12.7 Å². The van der Waals surface area contributed by atoms with E-state index in [-0.39, 0.29) is 19.4 Å². The molecule has 1 unspecified atom stereocenters. The fourth-order valence-electron chi connectivity index (χ4n) is 2.93. The lowest BCUT2D eigenvalue weighted by Gasteiger charge is -2.14. The summed E-state index contributed by atoms with van der Waals surface area (Å²) in [5.74, 6) is 0.671. The minimum absolute atomic E-state index is 0. The molecule has 0 aliphatic heterocycles. The van der Waals surface area contributed by atoms with Gasteiger partial charge in [-0.05, 0) is 49.1 Å². The van der Waals surface area contributed by atoms with Gasteiger partial charge in [-0.15, -0.1) is 0 Å². The number of pyridine rings is 1. The Labute approximate surface area is 167 Å². The number of benzene rings is 2. The van der Waals surface area contributed by atoms with Gasteiger partial charge in [0, 0.05) is 24.0 Å². The first-order chi connectivity index (χ1) is 13.2. The molecule has 3 rings (SSSR count). The van der Waals surface area contributed by atoms with Gasteiger partial charge >= 0.3 is 0 Å². The number of carbonyl (C=O) groups is 1. The summed E-state index contributed by atoms with van der Waals surface area (Å²) in [7, 11) is 1.64. The van der Waals surface area contributed by atoms with E-state index in [0.29, 0.717) is 5.56 Å². The van der Waals surface area contributed by atoms with Crippen molar-refractivity contribution in [1.29, 1.82) is 0 Å². The molecular formula is C24H28N2O2. The van der Waals surface area contributed by atoms with Crippen LogP contribution in [-0.4, -0.2) is 24.0 Å². The average Bonchev–Trinajstić information content (AvgIpc) is 2.73. The number of carbonyl (C=O) groups excluding carboxylic acids is 1. The SMILES string of the molecule is C.COc1cccc(-c2cncc(C(=O)NC(C)CCc3ccccc3)c2)c1. The largest absolute Gasteiger partial charge is 0.497 e. The van der Waals surface area contributed by atoms with Gasteiger partial charge in [0.2, 0.25) is 0 Å². The van der Waals surface area contributed by atoms with E-state index in [1.54, 1.807) is 19.5 Å². The molecule has 1 N–H and O–H groups in total. The van der Waals surface area contributed by atoms with Crippen molar-refractivity contribution in [3.8, 4) is 16.9 Å². The van der Waals surface area contributed by atoms with Crippen LogP contribution >= 0.6 is 0 Å². The van der Waals surface area contributed by atoms with Crippen LogP contribution in [0.1, 0.15) is 36.7 Å². The van der Waals surface area contributed by atoms with Crippen molar-refractivity contribution in [2.45, 2.75) is 33.2 Å². The van der Waals surface area contributed by atoms with Gasteiger partial charge in [-0.25, -0.2) is 0 Å². The summed E-state index contributed by atoms with van der Waals surface area (Å²) in [6, 6.07) is 20.0. The zero-order valence-electron chi connectivity index (χ0n) is 15.7. The third-order valence-electron chi connectivity index (χ3n) is 4.49. The fraction of sp³-hybridized carbons (Fsp3) is 0.250. The predicted molar refractivity (Wildman–Crippen MR) is 115 cm³/mol. The summed E-state index contributed by atoms with van der Waals surface area (Å²) >= 11 is 0. The molecule has 0 fully saturated rings. The first kappa shape index (κ1) is 21.2. The number of nitrogens with zero attached hydrogens (tertiary/aromatic N) is 1. The summed E-state index contributed by atoms with van der Waals surface area (Å²) in [6.45, 7) is 2.03. The van der Waals surface area contributed by atoms with E-state index in [0.717, 1.165) is 29.7 Å². The molecule has 1 heterocycles. The molecule has 0 aliphatic rings. The molecule has 3 aromatic rings. The topological polar surface area (TPSA) is 51.2 Å². The highest BCUT2D eigenvalue weighted by molar-refractivity contribution is 5.95. The Balaban J connectivity index is 0.00000280. The van der Waals surface area contributed by atoms with Crippen molar-refractivity contribution >= 4 is 5.91 Å². The quantitative estimate of drug-likeness (QED) is 0.621. The van der Waals surface area contributed by atoms with Gasteiger partial charge < -0.3 is 10.1 Å². The normalized spacial score (nSPS) is 11.2. The number of amides is 1. The Morgan fingerprint density at radius 2 is 1.82 bits per heavy atom. The van der Waals surface area contributed by atoms with Crippen molar-refractivity contribution in [3.63, 3.8) is 0 Å². The molecule has 0 aliphatic carbocycles. The van der Waals surface area contributed by atoms with E-state index in [9.17, 15) is 4.79 Å². The number of hydrogen-bond acceptors (Lipinski definition) is 3. The van der Waals surface area contributed by atoms with Gasteiger partial charge in [-0.2, -0.15) is 0 Å². The van der Waals surface area contributed by atoms with Gasteiger partial charge in [0.25, 0.3) is 5.91 Å². The van der Waals surface area contributed by atoms with Crippen LogP contribution in [0.5, 0.6) is 5.75 Å². The minimum Gasteiger partial charge on any atom is -0.497 e. The average molecular weight is 377 g/mol. The van der Waals surface area contributed by atoms with Gasteiger partial charge in [-0.1, -0.05) is 49.9 Å². The minimum atomic E-state index is -0.104. The lowest BCUT2D eigenvalue weighted by Crippen LogP contribution is -2.33. The standard InChI is InChI=1S/C23H24N2O2.CH4/c1-17(11-12-18-7-4-3-5-8-18)25-23(26)21-13-20(15-24-16-21)19-9-6-10-22(14-19)27-2;/h3-10,13-17H,11-12H2,1-2H3,(H,25,26);1H4. The number of hydrogen-bond donors (Lipinski definition) is 1. The van der Waals surface area contributed by atoms with Gasteiger partial charge in [0.15, 0.2) is 0 Å². The van der Waals surface area contributed by atoms with E-state index in [2.05, 4.69) is 22.4 Å². The number of rotatable bonds is 7. The van der Waals surface area contributed by atoms with Gasteiger partial charge in [-0.3, -0.25) is 9.78 Å². The number of ether oxygens (including phenoxy) is 1. The lowest BCUT2D eigenvalue weighted by molar-refractivity contribution is 0.0938. The molecule has 0 saturated carbocycles. The zero-order chi connectivity index (χ0) is 19.1. The highest BCUT2D eigenvalue weighted by Crippen LogP contribution is 2.23. The molecule has 0 radical (unpaired) electrons. The third-order valence-corrected chi connectivity index (χ3v) is 4.49. The number of aromatic nitrogens is 1. The second-order valence-electron chi connectivity index (χ2n) is 6.59. The Kier molecular flexibility index (Phi) is 7.76. The summed E-state index contributed by atoms with van der Waals surface area (Å²) in [5.41, 5.74) is 3.69. The van der Waals surface area contributed by atoms with Crippen LogP contribution in [0.15, 0.2) is 73.1 Å². The summed E-state index contributed by atoms with van der Waals surface area (Å²) in [5, 5.41) is 3.06. The van der Waals surface area contributed by atoms with Crippen molar-refractivity contribution in [2.24, 2.45) is 0 Å². The van der Waals surface area contributed by atoms with E-state index < -0.39 is 0 Å². The van der Waals surface area contributed by atoms with Crippen LogP contribution in [-0.2, 0) is 6.42 Å². The Morgan fingerprint density at radius 3 is 2.57 bits per heavy atom. The summed E-state index contributed by atoms with van der Waals surface area (Å²) < 4.78 is 5.27. The maximum Gasteiger partial charge on any atom is 0.253 e. The van der Waals surface area contributed by atoms with Crippen molar-refractivity contribution in [2.75, 3.05) is 7.11 Å². The predicted octanol–water partition coefficient (Wildman–Crippen LogP) is 5.14. The number of nitrogens with one attached hydrogen (secondary N) is 1. The summed E-state index contributed by atoms with van der Waals surface area (Å²) in [6.07, 6.45) is 5.18. The molecular weight excluding hydrogens is 348 g/mol. The maximum absolute atomic E-state index is 12.6. The van der Waals surface area contributed by atoms with Gasteiger partial charge in [0.1, 0.15) is 5.75 Å². The highest BCUT2D eigenvalue weighted by Gasteiger charge is 2.12. The van der Waals surface area contributed by atoms with Crippen molar-refractivity contribution in [1.82, 2.24) is 10.3 Å². The molecule has 1 amide bonds. The maximum atomic E-state index is 12.6. The molecule has 0 spiro atoms. The zero-order valence-corrected chi connectivity index (χ0v) is 15.7. The van der Waals surface area contributed by atoms with Crippen LogP contribution in [0.2, 0.25) is 0 Å². The number of aryl methyl sites for hydroxylation is 1. The molecule has 0 bridgehead atoms. The third kappa shape index (κ3) is 5.68. The first-order valence-electron chi connectivity index (χ1n) is 9.10. The smallest absolute Gasteiger partial charge is 0.253 e. The number of methoxy groups -OCH3 is 1. The first-order valence-corrected chi connectivity index (χ1v) is 9.10. The second kappa shape index (κ2) is 10.3. The molecule has 2 aromatic carbocycles. The molecule has 28 heavy (non-hydrogen) atoms. The molecule has 1 atom stereocenters. The van der Waals surface area contributed by atoms with Crippen LogP contribution < -0.4 is 10.1 Å². The molecule has 4 nitrogen and oxygen atoms in total. The van der Waals surface area contributed by atoms with Crippen LogP contribution in [0.3, 0.4) is 0 Å². The second-order valence-corrected chi connectivity index (χ2v) is 6.59. The molecule has 146 valence electrons. The highest BCUT2D eigenvalue weighted by atomic mass is 16.5. The van der Waals surface area contributed by atoms with E-state index in [4.69, 9.17) is 4.74 Å². The van der Waals surface area contributed by atoms with Crippen molar-refractivity contribution < 1.29 is 9.53 Å². The monoisotopic (exact) mass is 376 g/mol. The fourth-order valence-corrected chi connectivity index (χ4v) is 2.93. The summed E-state index contributed by atoms with van der Waals surface area (Å²) in [4.78, 5) is 16.8. The molecule has 0 saturated heterocycles. The molecule has 1 aromatic heterocycles. The van der Waals surface area contributed by atoms with Crippen LogP contribution in [0, 0.1) is 0 Å².